The van der Waals surface area contributed by atoms with Gasteiger partial charge in [-0.25, -0.2) is 8.42 Å². The second-order valence-corrected chi connectivity index (χ2v) is 7.09. The quantitative estimate of drug-likeness (QED) is 0.770. The van der Waals surface area contributed by atoms with Crippen molar-refractivity contribution in [3.05, 3.63) is 29.8 Å². The van der Waals surface area contributed by atoms with Crippen molar-refractivity contribution < 1.29 is 22.7 Å². The van der Waals surface area contributed by atoms with Crippen LogP contribution in [-0.2, 0) is 14.6 Å². The maximum Gasteiger partial charge on any atom is 0.178 e. The van der Waals surface area contributed by atoms with E-state index in [-0.39, 0.29) is 6.10 Å². The molecule has 2 rings (SSSR count). The molecule has 1 aromatic carbocycles. The minimum atomic E-state index is -3.49. The van der Waals surface area contributed by atoms with E-state index in [9.17, 15) is 13.2 Å². The van der Waals surface area contributed by atoms with Gasteiger partial charge in [-0.1, -0.05) is 12.1 Å². The van der Waals surface area contributed by atoms with Crippen molar-refractivity contribution >= 4 is 15.6 Å². The number of benzene rings is 1. The first-order chi connectivity index (χ1) is 9.44. The average molecular weight is 298 g/mol. The van der Waals surface area contributed by atoms with Crippen LogP contribution < -0.4 is 4.74 Å². The van der Waals surface area contributed by atoms with Crippen LogP contribution in [0.15, 0.2) is 24.3 Å². The van der Waals surface area contributed by atoms with Crippen molar-refractivity contribution in [2.75, 3.05) is 19.5 Å². The Bertz CT molecular complexity index is 593. The van der Waals surface area contributed by atoms with Gasteiger partial charge in [0.1, 0.15) is 11.5 Å². The van der Waals surface area contributed by atoms with Crippen LogP contribution in [0.3, 0.4) is 0 Å². The standard InChI is InChI=1S/C14H18O5S/c1-10-14(6-7-19-10)20(16,17)9-13(15)11-4-3-5-12(8-11)18-2/h3-5,8,10,14H,6-7,9H2,1-2H3. The summed E-state index contributed by atoms with van der Waals surface area (Å²) >= 11 is 0. The fourth-order valence-electron chi connectivity index (χ4n) is 2.35. The summed E-state index contributed by atoms with van der Waals surface area (Å²) in [6.45, 7) is 2.16. The van der Waals surface area contributed by atoms with E-state index >= 15 is 0 Å². The Morgan fingerprint density at radius 1 is 1.45 bits per heavy atom. The number of rotatable bonds is 5. The molecule has 5 nitrogen and oxygen atoms in total. The first-order valence-electron chi connectivity index (χ1n) is 6.44. The van der Waals surface area contributed by atoms with Gasteiger partial charge in [0.05, 0.1) is 18.5 Å². The Morgan fingerprint density at radius 2 is 2.20 bits per heavy atom. The summed E-state index contributed by atoms with van der Waals surface area (Å²) in [5.74, 6) is -0.368. The summed E-state index contributed by atoms with van der Waals surface area (Å²) in [6.07, 6.45) is 0.104. The van der Waals surface area contributed by atoms with Gasteiger partial charge in [-0.15, -0.1) is 0 Å². The molecule has 6 heteroatoms. The lowest BCUT2D eigenvalue weighted by Gasteiger charge is -2.14. The lowest BCUT2D eigenvalue weighted by molar-refractivity contribution is 0.102. The Balaban J connectivity index is 2.14. The van der Waals surface area contributed by atoms with E-state index < -0.39 is 26.6 Å². The number of Topliss-reactive ketones (excluding diaryl/α,β-unsaturated/α-hetero) is 1. The van der Waals surface area contributed by atoms with Crippen LogP contribution in [0.1, 0.15) is 23.7 Å². The van der Waals surface area contributed by atoms with Crippen LogP contribution in [0, 0.1) is 0 Å². The second-order valence-electron chi connectivity index (χ2n) is 4.87. The topological polar surface area (TPSA) is 69.7 Å². The highest BCUT2D eigenvalue weighted by atomic mass is 32.2. The van der Waals surface area contributed by atoms with E-state index in [4.69, 9.17) is 9.47 Å². The summed E-state index contributed by atoms with van der Waals surface area (Å²) < 4.78 is 34.8. The van der Waals surface area contributed by atoms with Crippen molar-refractivity contribution in [1.29, 1.82) is 0 Å². The van der Waals surface area contributed by atoms with Crippen molar-refractivity contribution in [2.24, 2.45) is 0 Å². The third kappa shape index (κ3) is 3.19. The van der Waals surface area contributed by atoms with Crippen LogP contribution in [0.5, 0.6) is 5.75 Å². The highest BCUT2D eigenvalue weighted by molar-refractivity contribution is 7.92. The van der Waals surface area contributed by atoms with Crippen LogP contribution in [0.2, 0.25) is 0 Å². The van der Waals surface area contributed by atoms with Gasteiger partial charge in [-0.2, -0.15) is 0 Å². The third-order valence-electron chi connectivity index (χ3n) is 3.49. The number of sulfone groups is 1. The minimum Gasteiger partial charge on any atom is -0.497 e. The fourth-order valence-corrected chi connectivity index (χ4v) is 4.22. The number of ether oxygens (including phenoxy) is 2. The molecule has 1 aliphatic rings. The molecular formula is C14H18O5S. The summed E-state index contributed by atoms with van der Waals surface area (Å²) in [5, 5.41) is -0.586. The van der Waals surface area contributed by atoms with Crippen molar-refractivity contribution in [3.63, 3.8) is 0 Å². The van der Waals surface area contributed by atoms with Crippen molar-refractivity contribution in [1.82, 2.24) is 0 Å². The molecule has 0 radical (unpaired) electrons. The Morgan fingerprint density at radius 3 is 2.80 bits per heavy atom. The molecule has 0 aromatic heterocycles. The molecule has 0 aliphatic carbocycles. The van der Waals surface area contributed by atoms with E-state index in [1.807, 2.05) is 0 Å². The number of hydrogen-bond acceptors (Lipinski definition) is 5. The molecule has 0 N–H and O–H groups in total. The Kier molecular flexibility index (Phi) is 4.45. The summed E-state index contributed by atoms with van der Waals surface area (Å²) in [4.78, 5) is 12.1. The van der Waals surface area contributed by atoms with Crippen LogP contribution in [0.4, 0.5) is 0 Å². The highest BCUT2D eigenvalue weighted by Crippen LogP contribution is 2.22. The monoisotopic (exact) mass is 298 g/mol. The molecule has 1 aromatic rings. The molecule has 110 valence electrons. The molecule has 1 heterocycles. The first kappa shape index (κ1) is 15.0. The molecule has 20 heavy (non-hydrogen) atoms. The highest BCUT2D eigenvalue weighted by Gasteiger charge is 2.37. The van der Waals surface area contributed by atoms with Crippen molar-refractivity contribution in [2.45, 2.75) is 24.7 Å². The number of methoxy groups -OCH3 is 1. The Labute approximate surface area is 118 Å². The summed E-state index contributed by atoms with van der Waals surface area (Å²) in [6, 6.07) is 6.51. The van der Waals surface area contributed by atoms with E-state index in [2.05, 4.69) is 0 Å². The maximum atomic E-state index is 12.2. The molecule has 0 saturated carbocycles. The maximum absolute atomic E-state index is 12.2. The fraction of sp³-hybridized carbons (Fsp3) is 0.500. The van der Waals surface area contributed by atoms with Crippen LogP contribution in [0.25, 0.3) is 0 Å². The van der Waals surface area contributed by atoms with Gasteiger partial charge in [-0.05, 0) is 25.5 Å². The largest absolute Gasteiger partial charge is 0.497 e. The number of hydrogen-bond donors (Lipinski definition) is 0. The van der Waals surface area contributed by atoms with E-state index in [1.165, 1.54) is 7.11 Å². The van der Waals surface area contributed by atoms with Gasteiger partial charge in [0.2, 0.25) is 0 Å². The van der Waals surface area contributed by atoms with Gasteiger partial charge in [0.25, 0.3) is 0 Å². The van der Waals surface area contributed by atoms with E-state index in [0.29, 0.717) is 24.3 Å². The lowest BCUT2D eigenvalue weighted by Crippen LogP contribution is -2.32. The molecule has 1 aliphatic heterocycles. The molecule has 2 atom stereocenters. The van der Waals surface area contributed by atoms with Crippen LogP contribution in [-0.4, -0.2) is 45.0 Å². The van der Waals surface area contributed by atoms with Gasteiger partial charge < -0.3 is 9.47 Å². The molecule has 2 unspecified atom stereocenters. The molecule has 1 saturated heterocycles. The predicted molar refractivity (Wildman–Crippen MR) is 74.9 cm³/mol. The number of ketones is 1. The molecule has 0 amide bonds. The zero-order valence-electron chi connectivity index (χ0n) is 11.5. The summed E-state index contributed by atoms with van der Waals surface area (Å²) in [5.41, 5.74) is 0.347. The Hall–Kier alpha value is -1.40. The first-order valence-corrected chi connectivity index (χ1v) is 8.16. The van der Waals surface area contributed by atoms with E-state index in [1.54, 1.807) is 31.2 Å². The summed E-state index contributed by atoms with van der Waals surface area (Å²) in [7, 11) is -1.99. The van der Waals surface area contributed by atoms with Gasteiger partial charge in [0, 0.05) is 12.2 Å². The molecule has 0 bridgehead atoms. The molecule has 1 fully saturated rings. The molecule has 0 spiro atoms. The van der Waals surface area contributed by atoms with E-state index in [0.717, 1.165) is 0 Å². The lowest BCUT2D eigenvalue weighted by atomic mass is 10.1. The van der Waals surface area contributed by atoms with Gasteiger partial charge in [0.15, 0.2) is 15.6 Å². The normalized spacial score (nSPS) is 22.7. The smallest absolute Gasteiger partial charge is 0.178 e. The van der Waals surface area contributed by atoms with Crippen LogP contribution >= 0.6 is 0 Å². The van der Waals surface area contributed by atoms with Gasteiger partial charge in [-0.3, -0.25) is 4.79 Å². The van der Waals surface area contributed by atoms with Gasteiger partial charge >= 0.3 is 0 Å². The molecular weight excluding hydrogens is 280 g/mol. The minimum absolute atomic E-state index is 0.347. The number of carbonyl (C=O) groups is 1. The zero-order valence-corrected chi connectivity index (χ0v) is 12.4. The number of carbonyl (C=O) groups excluding carboxylic acids is 1. The second kappa shape index (κ2) is 5.93. The zero-order chi connectivity index (χ0) is 14.8. The predicted octanol–water partition coefficient (Wildman–Crippen LogP) is 1.47. The third-order valence-corrected chi connectivity index (χ3v) is 5.70. The van der Waals surface area contributed by atoms with Crippen molar-refractivity contribution in [3.8, 4) is 5.75 Å². The average Bonchev–Trinajstić information content (AvgIpc) is 2.85. The SMILES string of the molecule is COc1cccc(C(=O)CS(=O)(=O)C2CCOC2C)c1.